The maximum atomic E-state index is 11.2. The fourth-order valence-corrected chi connectivity index (χ4v) is 0.366. The van der Waals surface area contributed by atoms with E-state index in [1.807, 2.05) is 4.89 Å². The molecule has 0 unspecified atom stereocenters. The molecule has 0 aliphatic rings. The Morgan fingerprint density at radius 2 is 1.31 bits per heavy atom. The minimum atomic E-state index is -6.37. The van der Waals surface area contributed by atoms with Gasteiger partial charge in [0.15, 0.2) is 0 Å². The van der Waals surface area contributed by atoms with Gasteiger partial charge in [0.2, 0.25) is 0 Å². The van der Waals surface area contributed by atoms with E-state index in [4.69, 9.17) is 0 Å². The molecule has 0 aliphatic heterocycles. The third-order valence-corrected chi connectivity index (χ3v) is 1.32. The second kappa shape index (κ2) is 3.31. The van der Waals surface area contributed by atoms with Crippen LogP contribution >= 0.6 is 0 Å². The highest BCUT2D eigenvalue weighted by Crippen LogP contribution is 2.27. The molecule has 80 valence electrons. The van der Waals surface area contributed by atoms with Crippen LogP contribution in [-0.4, -0.2) is 20.3 Å². The van der Waals surface area contributed by atoms with Gasteiger partial charge >= 0.3 is 22.0 Å². The van der Waals surface area contributed by atoms with E-state index in [9.17, 15) is 34.8 Å². The van der Waals surface area contributed by atoms with E-state index < -0.39 is 22.0 Å². The molecule has 0 aliphatic carbocycles. The molecule has 11 heteroatoms. The van der Waals surface area contributed by atoms with Gasteiger partial charge in [0, 0.05) is 0 Å². The van der Waals surface area contributed by atoms with Crippen LogP contribution in [0.15, 0.2) is 0 Å². The largest absolute Gasteiger partial charge is 0.550 e. The number of halogens is 6. The first-order valence-electron chi connectivity index (χ1n) is 2.21. The number of rotatable bonds is 2. The topological polar surface area (TPSA) is 52.6 Å². The molecule has 0 amide bonds. The van der Waals surface area contributed by atoms with Gasteiger partial charge in [-0.25, -0.2) is 0 Å². The molecule has 0 saturated heterocycles. The van der Waals surface area contributed by atoms with Crippen LogP contribution in [0.25, 0.3) is 0 Å². The summed E-state index contributed by atoms with van der Waals surface area (Å²) >= 11 is 0. The lowest BCUT2D eigenvalue weighted by Crippen LogP contribution is -2.28. The number of alkyl halides is 6. The van der Waals surface area contributed by atoms with Gasteiger partial charge in [0.25, 0.3) is 0 Å². The Kier molecular flexibility index (Phi) is 3.17. The number of hydrogen-bond acceptors (Lipinski definition) is 4. The Hall–Kier alpha value is -0.550. The van der Waals surface area contributed by atoms with Crippen molar-refractivity contribution in [2.24, 2.45) is 0 Å². The molecule has 0 atom stereocenters. The van der Waals surface area contributed by atoms with E-state index >= 15 is 0 Å². The quantitative estimate of drug-likeness (QED) is 0.313. The van der Waals surface area contributed by atoms with E-state index in [2.05, 4.69) is 4.33 Å². The summed E-state index contributed by atoms with van der Waals surface area (Å²) in [6.07, 6.45) is -5.63. The lowest BCUT2D eigenvalue weighted by atomic mass is 11.4. The van der Waals surface area contributed by atoms with Crippen molar-refractivity contribution < 1.29 is 44.0 Å². The minimum absolute atomic E-state index is 2.01. The van der Waals surface area contributed by atoms with Crippen molar-refractivity contribution >= 4 is 10.1 Å². The Morgan fingerprint density at radius 3 is 1.54 bits per heavy atom. The number of hydrogen-bond donors (Lipinski definition) is 0. The second-order valence-corrected chi connectivity index (χ2v) is 3.00. The predicted molar refractivity (Wildman–Crippen MR) is 23.2 cm³/mol. The smallest absolute Gasteiger partial charge is 0.187 e. The average Bonchev–Trinajstić information content (AvgIpc) is 1.79. The van der Waals surface area contributed by atoms with E-state index in [-0.39, 0.29) is 0 Å². The SMILES string of the molecule is O=S(=O)(OOC(F)(F)F)C(F)(F)F. The lowest BCUT2D eigenvalue weighted by molar-refractivity contribution is -0.445. The van der Waals surface area contributed by atoms with Crippen LogP contribution in [0.4, 0.5) is 26.3 Å². The van der Waals surface area contributed by atoms with Gasteiger partial charge in [-0.1, -0.05) is 4.33 Å². The maximum absolute atomic E-state index is 11.2. The summed E-state index contributed by atoms with van der Waals surface area (Å²) in [5.41, 5.74) is -5.96. The molecule has 0 spiro atoms. The molecular weight excluding hydrogens is 234 g/mol. The van der Waals surface area contributed by atoms with Gasteiger partial charge in [-0.15, -0.1) is 18.1 Å². The summed E-state index contributed by atoms with van der Waals surface area (Å²) in [7, 11) is -6.37. The molecule has 0 aromatic rings. The third kappa shape index (κ3) is 4.28. The zero-order valence-electron chi connectivity index (χ0n) is 5.31. The standard InChI is InChI=1S/C2F6O4S/c3-1(4,5)11-12-13(9,10)2(6,7)8. The van der Waals surface area contributed by atoms with E-state index in [0.29, 0.717) is 0 Å². The summed E-state index contributed by atoms with van der Waals surface area (Å²) in [5, 5.41) is 0. The molecule has 4 nitrogen and oxygen atoms in total. The first-order valence-corrected chi connectivity index (χ1v) is 3.62. The minimum Gasteiger partial charge on any atom is -0.187 e. The monoisotopic (exact) mass is 234 g/mol. The highest BCUT2D eigenvalue weighted by atomic mass is 32.2. The molecule has 0 heterocycles. The lowest BCUT2D eigenvalue weighted by Gasteiger charge is -2.08. The Morgan fingerprint density at radius 1 is 0.923 bits per heavy atom. The molecular formula is C2F6O4S. The maximum Gasteiger partial charge on any atom is 0.550 e. The first-order chi connectivity index (χ1) is 5.46. The van der Waals surface area contributed by atoms with Crippen molar-refractivity contribution in [1.82, 2.24) is 0 Å². The summed E-state index contributed by atoms with van der Waals surface area (Å²) in [4.78, 5) is 2.01. The summed E-state index contributed by atoms with van der Waals surface area (Å²) in [6.45, 7) is 0. The van der Waals surface area contributed by atoms with Crippen LogP contribution in [0.5, 0.6) is 0 Å². The van der Waals surface area contributed by atoms with Gasteiger partial charge in [-0.3, -0.25) is 0 Å². The van der Waals surface area contributed by atoms with Crippen molar-refractivity contribution in [3.8, 4) is 0 Å². The molecule has 0 rings (SSSR count). The van der Waals surface area contributed by atoms with Crippen LogP contribution in [0.2, 0.25) is 0 Å². The van der Waals surface area contributed by atoms with Gasteiger partial charge in [0.1, 0.15) is 0 Å². The Labute approximate surface area is 67.1 Å². The predicted octanol–water partition coefficient (Wildman–Crippen LogP) is 1.30. The zero-order valence-corrected chi connectivity index (χ0v) is 6.13. The average molecular weight is 234 g/mol. The third-order valence-electron chi connectivity index (χ3n) is 0.502. The van der Waals surface area contributed by atoms with Crippen LogP contribution in [-0.2, 0) is 19.3 Å². The van der Waals surface area contributed by atoms with Crippen molar-refractivity contribution in [1.29, 1.82) is 0 Å². The van der Waals surface area contributed by atoms with Crippen LogP contribution in [0.3, 0.4) is 0 Å². The fraction of sp³-hybridized carbons (Fsp3) is 1.00. The zero-order chi connectivity index (χ0) is 10.9. The van der Waals surface area contributed by atoms with Crippen molar-refractivity contribution in [3.63, 3.8) is 0 Å². The van der Waals surface area contributed by atoms with E-state index in [1.54, 1.807) is 0 Å². The van der Waals surface area contributed by atoms with Crippen molar-refractivity contribution in [2.75, 3.05) is 0 Å². The van der Waals surface area contributed by atoms with Crippen LogP contribution in [0.1, 0.15) is 0 Å². The second-order valence-electron chi connectivity index (χ2n) is 1.50. The summed E-state index contributed by atoms with van der Waals surface area (Å²) < 4.78 is 88.4. The summed E-state index contributed by atoms with van der Waals surface area (Å²) in [5.74, 6) is 0. The highest BCUT2D eigenvalue weighted by molar-refractivity contribution is 7.87. The Balaban J connectivity index is 4.40. The molecule has 0 bridgehead atoms. The van der Waals surface area contributed by atoms with Crippen LogP contribution < -0.4 is 0 Å². The van der Waals surface area contributed by atoms with E-state index in [1.165, 1.54) is 0 Å². The first kappa shape index (κ1) is 12.4. The normalized spacial score (nSPS) is 14.6. The summed E-state index contributed by atoms with van der Waals surface area (Å²) in [6, 6.07) is 0. The van der Waals surface area contributed by atoms with Crippen molar-refractivity contribution in [2.45, 2.75) is 11.9 Å². The van der Waals surface area contributed by atoms with Gasteiger partial charge in [-0.2, -0.15) is 21.6 Å². The molecule has 0 aromatic carbocycles. The van der Waals surface area contributed by atoms with Crippen LogP contribution in [0, 0.1) is 0 Å². The Bertz CT molecular complexity index is 259. The van der Waals surface area contributed by atoms with Gasteiger partial charge < -0.3 is 0 Å². The fourth-order valence-electron chi connectivity index (χ4n) is 0.122. The van der Waals surface area contributed by atoms with Crippen molar-refractivity contribution in [3.05, 3.63) is 0 Å². The molecule has 13 heavy (non-hydrogen) atoms. The molecule has 0 radical (unpaired) electrons. The highest BCUT2D eigenvalue weighted by Gasteiger charge is 2.50. The molecule has 0 fully saturated rings. The molecule has 0 aromatic heterocycles. The molecule has 0 N–H and O–H groups in total. The van der Waals surface area contributed by atoms with Gasteiger partial charge in [-0.05, 0) is 0 Å². The van der Waals surface area contributed by atoms with E-state index in [0.717, 1.165) is 0 Å². The molecule has 0 saturated carbocycles. The van der Waals surface area contributed by atoms with Gasteiger partial charge in [0.05, 0.1) is 0 Å².